The Morgan fingerprint density at radius 3 is 2.53 bits per heavy atom. The van der Waals surface area contributed by atoms with E-state index in [0.29, 0.717) is 0 Å². The molecule has 0 saturated heterocycles. The van der Waals surface area contributed by atoms with Crippen molar-refractivity contribution < 1.29 is 13.6 Å². The van der Waals surface area contributed by atoms with E-state index < -0.39 is 11.6 Å². The van der Waals surface area contributed by atoms with Crippen molar-refractivity contribution in [3.05, 3.63) is 35.4 Å². The molecule has 0 bridgehead atoms. The third-order valence-electron chi connectivity index (χ3n) is 1.60. The van der Waals surface area contributed by atoms with Crippen LogP contribution in [-0.4, -0.2) is 12.5 Å². The van der Waals surface area contributed by atoms with E-state index >= 15 is 0 Å². The minimum Gasteiger partial charge on any atom is -0.345 e. The molecule has 15 heavy (non-hydrogen) atoms. The monoisotopic (exact) mass is 209 g/mol. The van der Waals surface area contributed by atoms with Crippen molar-refractivity contribution in [3.63, 3.8) is 0 Å². The van der Waals surface area contributed by atoms with Crippen LogP contribution < -0.4 is 5.32 Å². The fraction of sp³-hybridized carbons (Fsp3) is 0.182. The number of nitrogens with one attached hydrogen (secondary N) is 1. The van der Waals surface area contributed by atoms with E-state index in [-0.39, 0.29) is 18.0 Å². The lowest BCUT2D eigenvalue weighted by Gasteiger charge is -1.95. The molecule has 4 heteroatoms. The minimum absolute atomic E-state index is 0.0725. The molecule has 0 aliphatic rings. The maximum Gasteiger partial charge on any atom is 0.217 e. The number of amides is 1. The van der Waals surface area contributed by atoms with Crippen LogP contribution in [0.25, 0.3) is 0 Å². The van der Waals surface area contributed by atoms with Crippen LogP contribution in [0.4, 0.5) is 8.78 Å². The van der Waals surface area contributed by atoms with Gasteiger partial charge in [0.25, 0.3) is 0 Å². The SMILES string of the molecule is CC(=O)NCC#Cc1c(F)cccc1F. The van der Waals surface area contributed by atoms with Gasteiger partial charge in [-0.05, 0) is 12.1 Å². The normalized spacial score (nSPS) is 9.00. The van der Waals surface area contributed by atoms with Crippen molar-refractivity contribution in [1.82, 2.24) is 5.32 Å². The number of hydrogen-bond donors (Lipinski definition) is 1. The van der Waals surface area contributed by atoms with Crippen LogP contribution in [0.15, 0.2) is 18.2 Å². The fourth-order valence-electron chi connectivity index (χ4n) is 0.918. The molecule has 0 aliphatic carbocycles. The molecule has 0 unspecified atom stereocenters. The molecule has 0 atom stereocenters. The standard InChI is InChI=1S/C11H9F2NO/c1-8(15)14-7-3-4-9-10(12)5-2-6-11(9)13/h2,5-6H,7H2,1H3,(H,14,15). The topological polar surface area (TPSA) is 29.1 Å². The molecule has 1 amide bonds. The Kier molecular flexibility index (Phi) is 3.81. The molecular formula is C11H9F2NO. The number of rotatable bonds is 1. The Bertz CT molecular complexity index is 412. The molecule has 0 radical (unpaired) electrons. The van der Waals surface area contributed by atoms with Gasteiger partial charge < -0.3 is 5.32 Å². The summed E-state index contributed by atoms with van der Waals surface area (Å²) in [5, 5.41) is 2.40. The number of hydrogen-bond acceptors (Lipinski definition) is 1. The van der Waals surface area contributed by atoms with Crippen LogP contribution in [0.2, 0.25) is 0 Å². The van der Waals surface area contributed by atoms with Crippen LogP contribution in [0.1, 0.15) is 12.5 Å². The van der Waals surface area contributed by atoms with E-state index in [1.165, 1.54) is 13.0 Å². The zero-order valence-electron chi connectivity index (χ0n) is 8.10. The Morgan fingerprint density at radius 1 is 1.40 bits per heavy atom. The van der Waals surface area contributed by atoms with Crippen LogP contribution in [-0.2, 0) is 4.79 Å². The van der Waals surface area contributed by atoms with Gasteiger partial charge in [-0.15, -0.1) is 0 Å². The van der Waals surface area contributed by atoms with Crippen molar-refractivity contribution >= 4 is 5.91 Å². The largest absolute Gasteiger partial charge is 0.345 e. The quantitative estimate of drug-likeness (QED) is 0.697. The highest BCUT2D eigenvalue weighted by atomic mass is 19.1. The van der Waals surface area contributed by atoms with Gasteiger partial charge in [-0.3, -0.25) is 4.79 Å². The maximum absolute atomic E-state index is 13.0. The lowest BCUT2D eigenvalue weighted by atomic mass is 10.2. The van der Waals surface area contributed by atoms with E-state index in [1.807, 2.05) is 0 Å². The zero-order chi connectivity index (χ0) is 11.3. The van der Waals surface area contributed by atoms with Gasteiger partial charge >= 0.3 is 0 Å². The highest BCUT2D eigenvalue weighted by Crippen LogP contribution is 2.09. The summed E-state index contributed by atoms with van der Waals surface area (Å²) in [5.74, 6) is 3.13. The third kappa shape index (κ3) is 3.39. The molecule has 1 aromatic rings. The van der Waals surface area contributed by atoms with Crippen molar-refractivity contribution in [3.8, 4) is 11.8 Å². The second kappa shape index (κ2) is 5.11. The van der Waals surface area contributed by atoms with Crippen molar-refractivity contribution in [1.29, 1.82) is 0 Å². The minimum atomic E-state index is -0.703. The van der Waals surface area contributed by atoms with Crippen LogP contribution in [0.3, 0.4) is 0 Å². The Morgan fingerprint density at radius 2 is 2.00 bits per heavy atom. The summed E-state index contributed by atoms with van der Waals surface area (Å²) < 4.78 is 26.0. The number of carbonyl (C=O) groups excluding carboxylic acids is 1. The molecule has 1 rings (SSSR count). The lowest BCUT2D eigenvalue weighted by molar-refractivity contribution is -0.118. The fourth-order valence-corrected chi connectivity index (χ4v) is 0.918. The van der Waals surface area contributed by atoms with Gasteiger partial charge in [0.05, 0.1) is 12.1 Å². The van der Waals surface area contributed by atoms with Gasteiger partial charge in [-0.25, -0.2) is 8.78 Å². The highest BCUT2D eigenvalue weighted by molar-refractivity contribution is 5.73. The second-order valence-electron chi connectivity index (χ2n) is 2.81. The van der Waals surface area contributed by atoms with Crippen molar-refractivity contribution in [2.75, 3.05) is 6.54 Å². The van der Waals surface area contributed by atoms with Gasteiger partial charge in [0.1, 0.15) is 11.6 Å². The molecule has 0 fully saturated rings. The average Bonchev–Trinajstić information content (AvgIpc) is 2.15. The molecule has 0 heterocycles. The summed E-state index contributed by atoms with van der Waals surface area (Å²) in [6, 6.07) is 3.53. The molecule has 0 spiro atoms. The second-order valence-corrected chi connectivity index (χ2v) is 2.81. The molecule has 1 aromatic carbocycles. The molecule has 0 aliphatic heterocycles. The average molecular weight is 209 g/mol. The van der Waals surface area contributed by atoms with E-state index in [2.05, 4.69) is 17.2 Å². The van der Waals surface area contributed by atoms with Crippen LogP contribution >= 0.6 is 0 Å². The van der Waals surface area contributed by atoms with Crippen molar-refractivity contribution in [2.24, 2.45) is 0 Å². The van der Waals surface area contributed by atoms with Crippen LogP contribution in [0, 0.1) is 23.5 Å². The van der Waals surface area contributed by atoms with Gasteiger partial charge in [0.2, 0.25) is 5.91 Å². The molecule has 0 saturated carbocycles. The van der Waals surface area contributed by atoms with Crippen LogP contribution in [0.5, 0.6) is 0 Å². The summed E-state index contributed by atoms with van der Waals surface area (Å²) in [5.41, 5.74) is -0.275. The van der Waals surface area contributed by atoms with Gasteiger partial charge in [0.15, 0.2) is 0 Å². The lowest BCUT2D eigenvalue weighted by Crippen LogP contribution is -2.19. The van der Waals surface area contributed by atoms with Gasteiger partial charge in [-0.1, -0.05) is 17.9 Å². The molecule has 0 aromatic heterocycles. The predicted molar refractivity (Wildman–Crippen MR) is 51.9 cm³/mol. The molecule has 78 valence electrons. The summed E-state index contributed by atoms with van der Waals surface area (Å²) in [7, 11) is 0. The summed E-state index contributed by atoms with van der Waals surface area (Å²) in [6.45, 7) is 1.41. The predicted octanol–water partition coefficient (Wildman–Crippen LogP) is 1.45. The van der Waals surface area contributed by atoms with Gasteiger partial charge in [-0.2, -0.15) is 0 Å². The Labute approximate surface area is 86.3 Å². The first-order valence-corrected chi connectivity index (χ1v) is 4.28. The summed E-state index contributed by atoms with van der Waals surface area (Å²) in [6.07, 6.45) is 0. The Hall–Kier alpha value is -1.89. The van der Waals surface area contributed by atoms with E-state index in [4.69, 9.17) is 0 Å². The highest BCUT2D eigenvalue weighted by Gasteiger charge is 2.03. The first kappa shape index (κ1) is 11.2. The smallest absolute Gasteiger partial charge is 0.217 e. The maximum atomic E-state index is 13.0. The zero-order valence-corrected chi connectivity index (χ0v) is 8.10. The van der Waals surface area contributed by atoms with E-state index in [0.717, 1.165) is 12.1 Å². The van der Waals surface area contributed by atoms with E-state index in [9.17, 15) is 13.6 Å². The van der Waals surface area contributed by atoms with Gasteiger partial charge in [0, 0.05) is 6.92 Å². The number of halogens is 2. The first-order valence-electron chi connectivity index (χ1n) is 4.28. The number of benzene rings is 1. The van der Waals surface area contributed by atoms with Crippen molar-refractivity contribution in [2.45, 2.75) is 6.92 Å². The molecule has 1 N–H and O–H groups in total. The first-order chi connectivity index (χ1) is 7.11. The third-order valence-corrected chi connectivity index (χ3v) is 1.60. The number of carbonyl (C=O) groups is 1. The molecule has 2 nitrogen and oxygen atoms in total. The summed E-state index contributed by atoms with van der Waals surface area (Å²) >= 11 is 0. The summed E-state index contributed by atoms with van der Waals surface area (Å²) in [4.78, 5) is 10.5. The Balaban J connectivity index is 2.75. The van der Waals surface area contributed by atoms with E-state index in [1.54, 1.807) is 0 Å². The molecular weight excluding hydrogens is 200 g/mol.